The largest absolute Gasteiger partial charge is 0.508 e. The third-order valence-electron chi connectivity index (χ3n) is 1.43. The van der Waals surface area contributed by atoms with Crippen LogP contribution in [0.25, 0.3) is 0 Å². The molecule has 0 fully saturated rings. The quantitative estimate of drug-likeness (QED) is 0.528. The Hall–Kier alpha value is -0.890. The second kappa shape index (κ2) is 3.49. The smallest absolute Gasteiger partial charge is 0.119 e. The predicted octanol–water partition coefficient (Wildman–Crippen LogP) is 1.88. The average molecular weight is 173 g/mol. The number of alkyl halides is 1. The summed E-state index contributed by atoms with van der Waals surface area (Å²) < 4.78 is 0. The molecule has 60 valence electrons. The van der Waals surface area contributed by atoms with Crippen molar-refractivity contribution >= 4 is 11.6 Å². The molecule has 11 heavy (non-hydrogen) atoms. The summed E-state index contributed by atoms with van der Waals surface area (Å²) in [6.45, 7) is 0. The van der Waals surface area contributed by atoms with Crippen LogP contribution in [0, 0.1) is 0 Å². The van der Waals surface area contributed by atoms with Crippen molar-refractivity contribution in [3.63, 3.8) is 0 Å². The lowest BCUT2D eigenvalue weighted by Crippen LogP contribution is -1.85. The molecule has 1 aromatic rings. The molecule has 0 aliphatic carbocycles. The summed E-state index contributed by atoms with van der Waals surface area (Å²) in [6, 6.07) is 4.40. The van der Waals surface area contributed by atoms with Gasteiger partial charge in [0.1, 0.15) is 11.5 Å². The van der Waals surface area contributed by atoms with E-state index in [4.69, 9.17) is 16.7 Å². The molecule has 0 saturated carbocycles. The van der Waals surface area contributed by atoms with Crippen LogP contribution in [-0.2, 0) is 6.42 Å². The number of rotatable bonds is 2. The average Bonchev–Trinajstić information content (AvgIpc) is 1.98. The van der Waals surface area contributed by atoms with Gasteiger partial charge in [-0.3, -0.25) is 0 Å². The maximum atomic E-state index is 9.20. The number of hydrogen-bond donors (Lipinski definition) is 2. The second-order valence-electron chi connectivity index (χ2n) is 2.25. The van der Waals surface area contributed by atoms with E-state index in [2.05, 4.69) is 0 Å². The summed E-state index contributed by atoms with van der Waals surface area (Å²) in [5, 5.41) is 18.2. The first-order valence-electron chi connectivity index (χ1n) is 3.31. The summed E-state index contributed by atoms with van der Waals surface area (Å²) >= 11 is 5.47. The second-order valence-corrected chi connectivity index (χ2v) is 2.63. The molecule has 0 aromatic heterocycles. The van der Waals surface area contributed by atoms with E-state index in [0.717, 1.165) is 0 Å². The Morgan fingerprint density at radius 2 is 2.00 bits per heavy atom. The number of hydrogen-bond acceptors (Lipinski definition) is 2. The molecule has 0 spiro atoms. The standard InChI is InChI=1S/C8H9ClO2/c9-4-3-6-5-7(10)1-2-8(6)11/h1-2,5,10-11H,3-4H2. The molecule has 0 atom stereocenters. The molecule has 1 aromatic carbocycles. The Balaban J connectivity index is 2.93. The summed E-state index contributed by atoms with van der Waals surface area (Å²) in [7, 11) is 0. The number of phenolic OH excluding ortho intramolecular Hbond substituents is 2. The molecular formula is C8H9ClO2. The van der Waals surface area contributed by atoms with Gasteiger partial charge in [-0.25, -0.2) is 0 Å². The van der Waals surface area contributed by atoms with E-state index in [1.807, 2.05) is 0 Å². The Kier molecular flexibility index (Phi) is 2.60. The Bertz CT molecular complexity index is 248. The molecule has 0 aliphatic heterocycles. The van der Waals surface area contributed by atoms with Crippen LogP contribution in [0.3, 0.4) is 0 Å². The fraction of sp³-hybridized carbons (Fsp3) is 0.250. The predicted molar refractivity (Wildman–Crippen MR) is 44.2 cm³/mol. The Morgan fingerprint density at radius 1 is 1.27 bits per heavy atom. The van der Waals surface area contributed by atoms with Crippen molar-refractivity contribution in [3.05, 3.63) is 23.8 Å². The van der Waals surface area contributed by atoms with Crippen molar-refractivity contribution in [2.24, 2.45) is 0 Å². The normalized spacial score (nSPS) is 9.91. The van der Waals surface area contributed by atoms with E-state index >= 15 is 0 Å². The summed E-state index contributed by atoms with van der Waals surface area (Å²) in [4.78, 5) is 0. The molecule has 0 bridgehead atoms. The number of benzene rings is 1. The maximum Gasteiger partial charge on any atom is 0.119 e. The van der Waals surface area contributed by atoms with Crippen molar-refractivity contribution in [1.82, 2.24) is 0 Å². The van der Waals surface area contributed by atoms with Crippen molar-refractivity contribution in [2.45, 2.75) is 6.42 Å². The lowest BCUT2D eigenvalue weighted by molar-refractivity contribution is 0.455. The van der Waals surface area contributed by atoms with Gasteiger partial charge >= 0.3 is 0 Å². The highest BCUT2D eigenvalue weighted by Gasteiger charge is 2.00. The highest BCUT2D eigenvalue weighted by Crippen LogP contribution is 2.22. The first-order valence-corrected chi connectivity index (χ1v) is 3.84. The minimum atomic E-state index is 0.155. The molecule has 0 saturated heterocycles. The van der Waals surface area contributed by atoms with Gasteiger partial charge in [0.05, 0.1) is 0 Å². The van der Waals surface area contributed by atoms with Crippen LogP contribution >= 0.6 is 11.6 Å². The van der Waals surface area contributed by atoms with Gasteiger partial charge in [-0.05, 0) is 30.2 Å². The van der Waals surface area contributed by atoms with Crippen molar-refractivity contribution in [2.75, 3.05) is 5.88 Å². The lowest BCUT2D eigenvalue weighted by Gasteiger charge is -2.01. The first kappa shape index (κ1) is 8.21. The minimum absolute atomic E-state index is 0.155. The van der Waals surface area contributed by atoms with Crippen LogP contribution in [0.1, 0.15) is 5.56 Å². The molecule has 1 rings (SSSR count). The van der Waals surface area contributed by atoms with Crippen LogP contribution in [0.2, 0.25) is 0 Å². The highest BCUT2D eigenvalue weighted by molar-refractivity contribution is 6.18. The fourth-order valence-corrected chi connectivity index (χ4v) is 1.08. The van der Waals surface area contributed by atoms with Gasteiger partial charge < -0.3 is 10.2 Å². The van der Waals surface area contributed by atoms with E-state index < -0.39 is 0 Å². The van der Waals surface area contributed by atoms with E-state index in [9.17, 15) is 5.11 Å². The molecule has 0 unspecified atom stereocenters. The Morgan fingerprint density at radius 3 is 2.64 bits per heavy atom. The van der Waals surface area contributed by atoms with Gasteiger partial charge in [-0.2, -0.15) is 0 Å². The van der Waals surface area contributed by atoms with Gasteiger partial charge in [-0.15, -0.1) is 11.6 Å². The summed E-state index contributed by atoms with van der Waals surface area (Å²) in [5.41, 5.74) is 0.681. The fourth-order valence-electron chi connectivity index (χ4n) is 0.874. The van der Waals surface area contributed by atoms with Gasteiger partial charge in [0.15, 0.2) is 0 Å². The van der Waals surface area contributed by atoms with Crippen LogP contribution in [-0.4, -0.2) is 16.1 Å². The minimum Gasteiger partial charge on any atom is -0.508 e. The maximum absolute atomic E-state index is 9.20. The third kappa shape index (κ3) is 2.02. The zero-order valence-electron chi connectivity index (χ0n) is 5.92. The number of phenols is 2. The molecule has 0 heterocycles. The SMILES string of the molecule is Oc1ccc(O)c(CCCl)c1. The van der Waals surface area contributed by atoms with E-state index in [1.54, 1.807) is 0 Å². The van der Waals surface area contributed by atoms with E-state index in [-0.39, 0.29) is 11.5 Å². The van der Waals surface area contributed by atoms with Crippen LogP contribution < -0.4 is 0 Å². The third-order valence-corrected chi connectivity index (χ3v) is 1.62. The zero-order valence-corrected chi connectivity index (χ0v) is 6.67. The first-order chi connectivity index (χ1) is 5.24. The van der Waals surface area contributed by atoms with Gasteiger partial charge in [-0.1, -0.05) is 0 Å². The Labute approximate surface area is 70.1 Å². The van der Waals surface area contributed by atoms with Gasteiger partial charge in [0.25, 0.3) is 0 Å². The molecule has 2 nitrogen and oxygen atoms in total. The molecule has 0 amide bonds. The van der Waals surface area contributed by atoms with Gasteiger partial charge in [0, 0.05) is 5.88 Å². The number of aromatic hydroxyl groups is 2. The highest BCUT2D eigenvalue weighted by atomic mass is 35.5. The van der Waals surface area contributed by atoms with Crippen molar-refractivity contribution in [3.8, 4) is 11.5 Å². The van der Waals surface area contributed by atoms with Crippen molar-refractivity contribution < 1.29 is 10.2 Å². The summed E-state index contributed by atoms with van der Waals surface area (Å²) in [5.74, 6) is 0.781. The zero-order chi connectivity index (χ0) is 8.27. The van der Waals surface area contributed by atoms with Crippen LogP contribution in [0.5, 0.6) is 11.5 Å². The van der Waals surface area contributed by atoms with E-state index in [0.29, 0.717) is 17.9 Å². The van der Waals surface area contributed by atoms with E-state index in [1.165, 1.54) is 18.2 Å². The topological polar surface area (TPSA) is 40.5 Å². The monoisotopic (exact) mass is 172 g/mol. The lowest BCUT2D eigenvalue weighted by atomic mass is 10.1. The number of halogens is 1. The van der Waals surface area contributed by atoms with Crippen molar-refractivity contribution in [1.29, 1.82) is 0 Å². The van der Waals surface area contributed by atoms with Gasteiger partial charge in [0.2, 0.25) is 0 Å². The van der Waals surface area contributed by atoms with Crippen LogP contribution in [0.15, 0.2) is 18.2 Å². The number of aryl methyl sites for hydroxylation is 1. The van der Waals surface area contributed by atoms with Crippen LogP contribution in [0.4, 0.5) is 0 Å². The summed E-state index contributed by atoms with van der Waals surface area (Å²) in [6.07, 6.45) is 0.571. The molecule has 0 radical (unpaired) electrons. The molecule has 2 N–H and O–H groups in total. The molecule has 0 aliphatic rings. The molecular weight excluding hydrogens is 164 g/mol. The molecule has 3 heteroatoms.